The first-order valence-corrected chi connectivity index (χ1v) is 10.8. The zero-order valence-corrected chi connectivity index (χ0v) is 19.8. The molecule has 0 saturated carbocycles. The summed E-state index contributed by atoms with van der Waals surface area (Å²) in [5.41, 5.74) is -0.0209. The molecule has 0 aliphatic heterocycles. The number of amides is 1. The molecular weight excluding hydrogens is 547 g/mol. The van der Waals surface area contributed by atoms with E-state index in [2.05, 4.69) is 37.2 Å². The summed E-state index contributed by atoms with van der Waals surface area (Å²) < 4.78 is 46.3. The number of carboxylic acids is 1. The lowest BCUT2D eigenvalue weighted by Gasteiger charge is -2.24. The van der Waals surface area contributed by atoms with E-state index in [1.54, 1.807) is 26.0 Å². The highest BCUT2D eigenvalue weighted by molar-refractivity contribution is 9.11. The number of alkyl halides is 3. The SMILES string of the molecule is CC(C)C(=O)NC(Oc1c(Br)cc(CCC(=O)O)cc1Br)c1cccc(C(F)(F)F)c1. The van der Waals surface area contributed by atoms with Crippen LogP contribution in [-0.2, 0) is 22.2 Å². The highest BCUT2D eigenvalue weighted by Gasteiger charge is 2.32. The zero-order chi connectivity index (χ0) is 23.3. The molecule has 0 radical (unpaired) electrons. The van der Waals surface area contributed by atoms with Gasteiger partial charge >= 0.3 is 12.1 Å². The van der Waals surface area contributed by atoms with E-state index in [0.717, 1.165) is 17.7 Å². The second-order valence-corrected chi connectivity index (χ2v) is 8.78. The molecule has 2 N–H and O–H groups in total. The Kier molecular flexibility index (Phi) is 8.53. The van der Waals surface area contributed by atoms with Crippen LogP contribution >= 0.6 is 31.9 Å². The molecule has 1 amide bonds. The van der Waals surface area contributed by atoms with E-state index in [4.69, 9.17) is 9.84 Å². The Bertz CT molecular complexity index is 941. The Hall–Kier alpha value is -2.07. The van der Waals surface area contributed by atoms with Crippen molar-refractivity contribution >= 4 is 43.7 Å². The van der Waals surface area contributed by atoms with Gasteiger partial charge in [-0.1, -0.05) is 26.0 Å². The second-order valence-electron chi connectivity index (χ2n) is 7.07. The number of halogens is 5. The Morgan fingerprint density at radius 3 is 2.26 bits per heavy atom. The highest BCUT2D eigenvalue weighted by Crippen LogP contribution is 2.38. The summed E-state index contributed by atoms with van der Waals surface area (Å²) in [6.45, 7) is 3.31. The maximum Gasteiger partial charge on any atom is 0.416 e. The summed E-state index contributed by atoms with van der Waals surface area (Å²) in [5.74, 6) is -1.49. The van der Waals surface area contributed by atoms with Gasteiger partial charge in [-0.15, -0.1) is 0 Å². The van der Waals surface area contributed by atoms with Crippen molar-refractivity contribution in [3.63, 3.8) is 0 Å². The lowest BCUT2D eigenvalue weighted by molar-refractivity contribution is -0.138. The number of hydrogen-bond acceptors (Lipinski definition) is 3. The molecule has 31 heavy (non-hydrogen) atoms. The number of nitrogens with one attached hydrogen (secondary N) is 1. The van der Waals surface area contributed by atoms with Crippen LogP contribution in [0.5, 0.6) is 5.75 Å². The number of benzene rings is 2. The van der Waals surface area contributed by atoms with Gasteiger partial charge in [0.15, 0.2) is 12.0 Å². The lowest BCUT2D eigenvalue weighted by atomic mass is 10.1. The Balaban J connectivity index is 2.40. The summed E-state index contributed by atoms with van der Waals surface area (Å²) in [4.78, 5) is 23.1. The maximum atomic E-state index is 13.2. The third kappa shape index (κ3) is 7.24. The summed E-state index contributed by atoms with van der Waals surface area (Å²) in [7, 11) is 0. The van der Waals surface area contributed by atoms with Crippen molar-refractivity contribution in [3.05, 3.63) is 62.0 Å². The van der Waals surface area contributed by atoms with E-state index in [0.29, 0.717) is 8.95 Å². The first-order valence-electron chi connectivity index (χ1n) is 9.22. The topological polar surface area (TPSA) is 75.6 Å². The van der Waals surface area contributed by atoms with E-state index < -0.39 is 35.8 Å². The number of ether oxygens (including phenoxy) is 1. The summed E-state index contributed by atoms with van der Waals surface area (Å²) in [6, 6.07) is 7.87. The largest absolute Gasteiger partial charge is 0.481 e. The molecule has 0 bridgehead atoms. The van der Waals surface area contributed by atoms with Crippen molar-refractivity contribution in [1.82, 2.24) is 5.32 Å². The van der Waals surface area contributed by atoms with Gasteiger partial charge in [0.2, 0.25) is 5.91 Å². The standard InChI is InChI=1S/C21H20Br2F3NO4/c1-11(2)19(30)27-20(13-4-3-5-14(10-13)21(24,25)26)31-18-15(22)8-12(9-16(18)23)6-7-17(28)29/h3-5,8-11,20H,6-7H2,1-2H3,(H,27,30)(H,28,29). The van der Waals surface area contributed by atoms with Gasteiger partial charge in [0.05, 0.1) is 14.5 Å². The Labute approximate surface area is 194 Å². The third-order valence-electron chi connectivity index (χ3n) is 4.24. The summed E-state index contributed by atoms with van der Waals surface area (Å²) in [6.07, 6.45) is -5.51. The molecule has 1 atom stereocenters. The van der Waals surface area contributed by atoms with Gasteiger partial charge in [0.25, 0.3) is 0 Å². The minimum absolute atomic E-state index is 0.0591. The normalized spacial score (nSPS) is 12.5. The Morgan fingerprint density at radius 1 is 1.13 bits per heavy atom. The van der Waals surface area contributed by atoms with Crippen molar-refractivity contribution in [1.29, 1.82) is 0 Å². The molecule has 0 aromatic heterocycles. The average Bonchev–Trinajstić information content (AvgIpc) is 2.67. The molecule has 168 valence electrons. The predicted molar refractivity (Wildman–Crippen MR) is 116 cm³/mol. The quantitative estimate of drug-likeness (QED) is 0.379. The molecule has 10 heteroatoms. The van der Waals surface area contributed by atoms with E-state index in [1.165, 1.54) is 12.1 Å². The number of carboxylic acid groups (broad SMARTS) is 1. The van der Waals surface area contributed by atoms with Crippen molar-refractivity contribution < 1.29 is 32.6 Å². The van der Waals surface area contributed by atoms with Gasteiger partial charge in [0.1, 0.15) is 0 Å². The molecule has 5 nitrogen and oxygen atoms in total. The van der Waals surface area contributed by atoms with Gasteiger partial charge in [-0.3, -0.25) is 9.59 Å². The fraction of sp³-hybridized carbons (Fsp3) is 0.333. The second kappa shape index (κ2) is 10.5. The average molecular weight is 567 g/mol. The highest BCUT2D eigenvalue weighted by atomic mass is 79.9. The summed E-state index contributed by atoms with van der Waals surface area (Å²) in [5, 5.41) is 11.5. The van der Waals surface area contributed by atoms with Crippen LogP contribution in [0, 0.1) is 5.92 Å². The molecular formula is C21H20Br2F3NO4. The smallest absolute Gasteiger partial charge is 0.416 e. The zero-order valence-electron chi connectivity index (χ0n) is 16.6. The fourth-order valence-electron chi connectivity index (χ4n) is 2.59. The minimum Gasteiger partial charge on any atom is -0.481 e. The van der Waals surface area contributed by atoms with E-state index in [-0.39, 0.29) is 24.2 Å². The fourth-order valence-corrected chi connectivity index (χ4v) is 4.06. The van der Waals surface area contributed by atoms with Crippen LogP contribution in [0.4, 0.5) is 13.2 Å². The van der Waals surface area contributed by atoms with Crippen LogP contribution in [0.3, 0.4) is 0 Å². The third-order valence-corrected chi connectivity index (χ3v) is 5.41. The van der Waals surface area contributed by atoms with Gasteiger partial charge in [-0.2, -0.15) is 13.2 Å². The molecule has 1 unspecified atom stereocenters. The molecule has 2 aromatic carbocycles. The number of aryl methyl sites for hydroxylation is 1. The number of rotatable bonds is 8. The predicted octanol–water partition coefficient (Wildman–Crippen LogP) is 6.10. The van der Waals surface area contributed by atoms with Crippen LogP contribution in [0.1, 0.15) is 43.2 Å². The van der Waals surface area contributed by atoms with E-state index >= 15 is 0 Å². The van der Waals surface area contributed by atoms with Gasteiger partial charge in [-0.05, 0) is 68.1 Å². The van der Waals surface area contributed by atoms with E-state index in [9.17, 15) is 22.8 Å². The molecule has 0 spiro atoms. The lowest BCUT2D eigenvalue weighted by Crippen LogP contribution is -2.35. The minimum atomic E-state index is -4.55. The van der Waals surface area contributed by atoms with Crippen molar-refractivity contribution in [2.45, 2.75) is 39.1 Å². The molecule has 0 fully saturated rings. The van der Waals surface area contributed by atoms with Crippen LogP contribution in [-0.4, -0.2) is 17.0 Å². The number of carbonyl (C=O) groups excluding carboxylic acids is 1. The van der Waals surface area contributed by atoms with Crippen molar-refractivity contribution in [2.75, 3.05) is 0 Å². The Morgan fingerprint density at radius 2 is 1.74 bits per heavy atom. The van der Waals surface area contributed by atoms with Crippen LogP contribution in [0.25, 0.3) is 0 Å². The molecule has 0 saturated heterocycles. The molecule has 2 aromatic rings. The monoisotopic (exact) mass is 565 g/mol. The number of hydrogen-bond donors (Lipinski definition) is 2. The van der Waals surface area contributed by atoms with Crippen LogP contribution in [0.2, 0.25) is 0 Å². The van der Waals surface area contributed by atoms with Gasteiger partial charge in [0, 0.05) is 17.9 Å². The molecule has 2 rings (SSSR count). The molecule has 0 aliphatic rings. The van der Waals surface area contributed by atoms with Crippen molar-refractivity contribution in [3.8, 4) is 5.75 Å². The molecule has 0 aliphatic carbocycles. The molecule has 0 heterocycles. The van der Waals surface area contributed by atoms with Gasteiger partial charge < -0.3 is 15.2 Å². The number of carbonyl (C=O) groups is 2. The summed E-state index contributed by atoms with van der Waals surface area (Å²) >= 11 is 6.70. The van der Waals surface area contributed by atoms with Crippen LogP contribution in [0.15, 0.2) is 45.3 Å². The van der Waals surface area contributed by atoms with Crippen LogP contribution < -0.4 is 10.1 Å². The van der Waals surface area contributed by atoms with E-state index in [1.807, 2.05) is 0 Å². The first kappa shape index (κ1) is 25.2. The first-order chi connectivity index (χ1) is 14.4. The van der Waals surface area contributed by atoms with Crippen molar-refractivity contribution in [2.24, 2.45) is 5.92 Å². The maximum absolute atomic E-state index is 13.2. The van der Waals surface area contributed by atoms with Gasteiger partial charge in [-0.25, -0.2) is 0 Å². The number of aliphatic carboxylic acids is 1.